The van der Waals surface area contributed by atoms with E-state index < -0.39 is 0 Å². The van der Waals surface area contributed by atoms with Gasteiger partial charge in [-0.3, -0.25) is 4.79 Å². The maximum Gasteiger partial charge on any atom is 0.253 e. The first kappa shape index (κ1) is 21.0. The molecular weight excluding hydrogens is 412 g/mol. The monoisotopic (exact) mass is 434 g/mol. The van der Waals surface area contributed by atoms with Crippen molar-refractivity contribution in [3.8, 4) is 22.9 Å². The number of nitrogens with one attached hydrogen (secondary N) is 2. The number of carbonyl (C=O) groups is 1. The van der Waals surface area contributed by atoms with Crippen molar-refractivity contribution in [2.45, 2.75) is 13.1 Å². The summed E-state index contributed by atoms with van der Waals surface area (Å²) in [7, 11) is 3.15. The molecule has 2 aromatic carbocycles. The van der Waals surface area contributed by atoms with E-state index in [1.807, 2.05) is 12.1 Å². The second-order valence-corrected chi connectivity index (χ2v) is 6.74. The first-order valence-electron chi connectivity index (χ1n) is 9.86. The highest BCUT2D eigenvalue weighted by Crippen LogP contribution is 2.31. The van der Waals surface area contributed by atoms with Gasteiger partial charge in [0.2, 0.25) is 11.7 Å². The van der Waals surface area contributed by atoms with Gasteiger partial charge >= 0.3 is 0 Å². The molecule has 0 aliphatic carbocycles. The van der Waals surface area contributed by atoms with Crippen LogP contribution in [0.5, 0.6) is 11.5 Å². The van der Waals surface area contributed by atoms with Crippen LogP contribution in [-0.4, -0.2) is 30.3 Å². The molecule has 9 heteroatoms. The lowest BCUT2D eigenvalue weighted by molar-refractivity contribution is 0.0949. The molecule has 1 amide bonds. The fraction of sp³-hybridized carbons (Fsp3) is 0.174. The lowest BCUT2D eigenvalue weighted by Crippen LogP contribution is -2.23. The molecule has 2 aromatic heterocycles. The van der Waals surface area contributed by atoms with Crippen LogP contribution in [0.2, 0.25) is 0 Å². The van der Waals surface area contributed by atoms with E-state index in [2.05, 4.69) is 20.8 Å². The number of amides is 1. The molecule has 0 saturated carbocycles. The van der Waals surface area contributed by atoms with Crippen molar-refractivity contribution in [1.82, 2.24) is 15.5 Å². The van der Waals surface area contributed by atoms with Crippen LogP contribution in [0.25, 0.3) is 11.4 Å². The van der Waals surface area contributed by atoms with Gasteiger partial charge in [-0.15, -0.1) is 0 Å². The molecule has 0 saturated heterocycles. The van der Waals surface area contributed by atoms with Gasteiger partial charge in [-0.1, -0.05) is 17.3 Å². The zero-order valence-corrected chi connectivity index (χ0v) is 17.6. The van der Waals surface area contributed by atoms with E-state index in [1.165, 1.54) is 0 Å². The number of furan rings is 1. The Labute approximate surface area is 184 Å². The van der Waals surface area contributed by atoms with Crippen molar-refractivity contribution in [3.63, 3.8) is 0 Å². The third-order valence-corrected chi connectivity index (χ3v) is 4.72. The standard InChI is InChI=1S/C23H22N4O5/c1-29-15-9-10-18(20(12-15)30-2)22-26-21(32-27-22)14-24-19-8-4-3-7-17(19)23(28)25-13-16-6-5-11-31-16/h3-12,24H,13-14H2,1-2H3,(H,25,28). The van der Waals surface area contributed by atoms with Crippen molar-refractivity contribution < 1.29 is 23.2 Å². The van der Waals surface area contributed by atoms with Gasteiger partial charge < -0.3 is 29.0 Å². The highest BCUT2D eigenvalue weighted by Gasteiger charge is 2.16. The number of hydrogen-bond donors (Lipinski definition) is 2. The van der Waals surface area contributed by atoms with Gasteiger partial charge in [-0.25, -0.2) is 0 Å². The maximum atomic E-state index is 12.6. The van der Waals surface area contributed by atoms with Crippen LogP contribution in [0.4, 0.5) is 5.69 Å². The molecule has 0 spiro atoms. The second kappa shape index (κ2) is 9.69. The molecule has 4 rings (SSSR count). The lowest BCUT2D eigenvalue weighted by Gasteiger charge is -2.10. The topological polar surface area (TPSA) is 112 Å². The number of para-hydroxylation sites is 1. The van der Waals surface area contributed by atoms with E-state index in [4.69, 9.17) is 18.4 Å². The number of benzene rings is 2. The van der Waals surface area contributed by atoms with E-state index in [1.54, 1.807) is 62.9 Å². The summed E-state index contributed by atoms with van der Waals surface area (Å²) in [5.41, 5.74) is 1.82. The SMILES string of the molecule is COc1ccc(-c2noc(CNc3ccccc3C(=O)NCc3ccco3)n2)c(OC)c1. The third-order valence-electron chi connectivity index (χ3n) is 4.72. The highest BCUT2D eigenvalue weighted by molar-refractivity contribution is 5.99. The summed E-state index contributed by atoms with van der Waals surface area (Å²) in [5, 5.41) is 10.1. The van der Waals surface area contributed by atoms with Crippen molar-refractivity contribution in [2.24, 2.45) is 0 Å². The molecular formula is C23H22N4O5. The Hall–Kier alpha value is -4.27. The fourth-order valence-electron chi connectivity index (χ4n) is 3.10. The molecule has 9 nitrogen and oxygen atoms in total. The number of carbonyl (C=O) groups excluding carboxylic acids is 1. The molecule has 0 aliphatic heterocycles. The Morgan fingerprint density at radius 3 is 2.69 bits per heavy atom. The van der Waals surface area contributed by atoms with Crippen LogP contribution in [0.15, 0.2) is 69.8 Å². The summed E-state index contributed by atoms with van der Waals surface area (Å²) in [6.07, 6.45) is 1.57. The van der Waals surface area contributed by atoms with Gasteiger partial charge in [0.1, 0.15) is 17.3 Å². The van der Waals surface area contributed by atoms with E-state index in [0.29, 0.717) is 52.3 Å². The minimum absolute atomic E-state index is 0.223. The molecule has 0 fully saturated rings. The summed E-state index contributed by atoms with van der Waals surface area (Å²) >= 11 is 0. The molecule has 0 unspecified atom stereocenters. The molecule has 0 bridgehead atoms. The summed E-state index contributed by atoms with van der Waals surface area (Å²) < 4.78 is 21.2. The number of anilines is 1. The normalized spacial score (nSPS) is 10.6. The van der Waals surface area contributed by atoms with Crippen LogP contribution in [-0.2, 0) is 13.1 Å². The third kappa shape index (κ3) is 4.72. The second-order valence-electron chi connectivity index (χ2n) is 6.74. The molecule has 2 N–H and O–H groups in total. The number of ether oxygens (including phenoxy) is 2. The van der Waals surface area contributed by atoms with Gasteiger partial charge in [0, 0.05) is 11.8 Å². The number of hydrogen-bond acceptors (Lipinski definition) is 8. The molecule has 0 radical (unpaired) electrons. The molecule has 4 aromatic rings. The average molecular weight is 434 g/mol. The zero-order valence-electron chi connectivity index (χ0n) is 17.6. The van der Waals surface area contributed by atoms with Crippen molar-refractivity contribution in [1.29, 1.82) is 0 Å². The van der Waals surface area contributed by atoms with Crippen LogP contribution in [0.3, 0.4) is 0 Å². The summed E-state index contributed by atoms with van der Waals surface area (Å²) in [6, 6.07) is 16.1. The van der Waals surface area contributed by atoms with E-state index in [0.717, 1.165) is 0 Å². The molecule has 0 aliphatic rings. The van der Waals surface area contributed by atoms with E-state index in [9.17, 15) is 4.79 Å². The molecule has 2 heterocycles. The zero-order chi connectivity index (χ0) is 22.3. The Morgan fingerprint density at radius 1 is 1.03 bits per heavy atom. The van der Waals surface area contributed by atoms with Gasteiger partial charge in [-0.05, 0) is 36.4 Å². The van der Waals surface area contributed by atoms with Crippen molar-refractivity contribution in [3.05, 3.63) is 78.1 Å². The van der Waals surface area contributed by atoms with Gasteiger partial charge in [-0.2, -0.15) is 4.98 Å². The number of aromatic nitrogens is 2. The smallest absolute Gasteiger partial charge is 0.253 e. The molecule has 32 heavy (non-hydrogen) atoms. The van der Waals surface area contributed by atoms with Crippen LogP contribution < -0.4 is 20.1 Å². The molecule has 164 valence electrons. The Balaban J connectivity index is 1.44. The van der Waals surface area contributed by atoms with Crippen LogP contribution in [0.1, 0.15) is 22.0 Å². The first-order chi connectivity index (χ1) is 15.7. The van der Waals surface area contributed by atoms with E-state index >= 15 is 0 Å². The predicted molar refractivity (Wildman–Crippen MR) is 116 cm³/mol. The van der Waals surface area contributed by atoms with Gasteiger partial charge in [0.15, 0.2) is 0 Å². The lowest BCUT2D eigenvalue weighted by atomic mass is 10.1. The Morgan fingerprint density at radius 2 is 1.91 bits per heavy atom. The summed E-state index contributed by atoms with van der Waals surface area (Å²) in [4.78, 5) is 17.0. The van der Waals surface area contributed by atoms with E-state index in [-0.39, 0.29) is 12.5 Å². The predicted octanol–water partition coefficient (Wildman–Crippen LogP) is 3.89. The van der Waals surface area contributed by atoms with Gasteiger partial charge in [0.05, 0.1) is 44.7 Å². The summed E-state index contributed by atoms with van der Waals surface area (Å²) in [6.45, 7) is 0.546. The summed E-state index contributed by atoms with van der Waals surface area (Å²) in [5.74, 6) is 2.45. The number of rotatable bonds is 9. The van der Waals surface area contributed by atoms with Crippen molar-refractivity contribution in [2.75, 3.05) is 19.5 Å². The minimum atomic E-state index is -0.223. The number of methoxy groups -OCH3 is 2. The molecule has 0 atom stereocenters. The van der Waals surface area contributed by atoms with Crippen LogP contribution in [0, 0.1) is 0 Å². The average Bonchev–Trinajstić information content (AvgIpc) is 3.53. The Bertz CT molecular complexity index is 1190. The fourth-order valence-corrected chi connectivity index (χ4v) is 3.10. The highest BCUT2D eigenvalue weighted by atomic mass is 16.5. The maximum absolute atomic E-state index is 12.6. The quantitative estimate of drug-likeness (QED) is 0.408. The minimum Gasteiger partial charge on any atom is -0.497 e. The largest absolute Gasteiger partial charge is 0.497 e. The van der Waals surface area contributed by atoms with Gasteiger partial charge in [0.25, 0.3) is 5.91 Å². The number of nitrogens with zero attached hydrogens (tertiary/aromatic N) is 2. The van der Waals surface area contributed by atoms with Crippen molar-refractivity contribution >= 4 is 11.6 Å². The first-order valence-corrected chi connectivity index (χ1v) is 9.86. The Kier molecular flexibility index (Phi) is 6.35. The van der Waals surface area contributed by atoms with Crippen LogP contribution >= 0.6 is 0 Å².